The van der Waals surface area contributed by atoms with Crippen molar-refractivity contribution in [3.05, 3.63) is 23.8 Å². The quantitative estimate of drug-likeness (QED) is 0.379. The minimum absolute atomic E-state index is 0.234. The van der Waals surface area contributed by atoms with Crippen molar-refractivity contribution in [2.75, 3.05) is 7.11 Å². The maximum atomic E-state index is 11.4. The summed E-state index contributed by atoms with van der Waals surface area (Å²) in [6.07, 6.45) is -0.329. The number of hydrogen-bond donors (Lipinski definition) is 3. The van der Waals surface area contributed by atoms with Crippen LogP contribution in [0.25, 0.3) is 0 Å². The molecular formula is C12H17N3O4. The van der Waals surface area contributed by atoms with Crippen LogP contribution in [0, 0.1) is 0 Å². The molecule has 0 fully saturated rings. The van der Waals surface area contributed by atoms with Gasteiger partial charge in [0.15, 0.2) is 6.10 Å². The molecule has 7 heteroatoms. The molecule has 1 aromatic rings. The number of methoxy groups -OCH3 is 1. The van der Waals surface area contributed by atoms with Gasteiger partial charge in [0.25, 0.3) is 5.91 Å². The molecule has 2 amide bonds. The molecule has 1 rings (SSSR count). The molecule has 0 aliphatic carbocycles. The molecule has 19 heavy (non-hydrogen) atoms. The van der Waals surface area contributed by atoms with Crippen molar-refractivity contribution in [1.82, 2.24) is 5.43 Å². The van der Waals surface area contributed by atoms with E-state index in [-0.39, 0.29) is 5.56 Å². The van der Waals surface area contributed by atoms with Gasteiger partial charge in [-0.25, -0.2) is 5.84 Å². The molecule has 104 valence electrons. The van der Waals surface area contributed by atoms with E-state index < -0.39 is 17.9 Å². The summed E-state index contributed by atoms with van der Waals surface area (Å²) in [7, 11) is 1.45. The van der Waals surface area contributed by atoms with Crippen molar-refractivity contribution in [1.29, 1.82) is 0 Å². The third-order valence-electron chi connectivity index (χ3n) is 2.48. The molecule has 0 bridgehead atoms. The van der Waals surface area contributed by atoms with Crippen molar-refractivity contribution in [3.63, 3.8) is 0 Å². The van der Waals surface area contributed by atoms with Gasteiger partial charge < -0.3 is 15.2 Å². The number of primary amides is 1. The topological polar surface area (TPSA) is 117 Å². The van der Waals surface area contributed by atoms with Crippen molar-refractivity contribution in [2.24, 2.45) is 11.6 Å². The van der Waals surface area contributed by atoms with Gasteiger partial charge in [-0.3, -0.25) is 15.0 Å². The standard InChI is InChI=1S/C12H17N3O4/c1-3-10(12(17)15-14)19-9-5-7(11(13)16)4-8(6-9)18-2/h4-6,10H,3,14H2,1-2H3,(H2,13,16)(H,15,17). The Morgan fingerprint density at radius 1 is 1.32 bits per heavy atom. The number of benzene rings is 1. The molecule has 0 saturated carbocycles. The predicted molar refractivity (Wildman–Crippen MR) is 68.5 cm³/mol. The molecule has 0 spiro atoms. The van der Waals surface area contributed by atoms with E-state index in [0.717, 1.165) is 0 Å². The molecule has 1 aromatic carbocycles. The lowest BCUT2D eigenvalue weighted by molar-refractivity contribution is -0.128. The van der Waals surface area contributed by atoms with E-state index in [2.05, 4.69) is 0 Å². The molecular weight excluding hydrogens is 250 g/mol. The fraction of sp³-hybridized carbons (Fsp3) is 0.333. The first-order chi connectivity index (χ1) is 9.01. The zero-order chi connectivity index (χ0) is 14.4. The molecule has 5 N–H and O–H groups in total. The van der Waals surface area contributed by atoms with Gasteiger partial charge in [-0.05, 0) is 18.6 Å². The highest BCUT2D eigenvalue weighted by atomic mass is 16.5. The fourth-order valence-electron chi connectivity index (χ4n) is 1.48. The van der Waals surface area contributed by atoms with E-state index in [0.29, 0.717) is 17.9 Å². The van der Waals surface area contributed by atoms with Gasteiger partial charge in [-0.2, -0.15) is 0 Å². The SMILES string of the molecule is CCC(Oc1cc(OC)cc(C(N)=O)c1)C(=O)NN. The minimum Gasteiger partial charge on any atom is -0.497 e. The fourth-order valence-corrected chi connectivity index (χ4v) is 1.48. The van der Waals surface area contributed by atoms with Gasteiger partial charge in [-0.1, -0.05) is 6.92 Å². The number of carbonyl (C=O) groups excluding carboxylic acids is 2. The second kappa shape index (κ2) is 6.60. The van der Waals surface area contributed by atoms with E-state index in [1.165, 1.54) is 19.2 Å². The first kappa shape index (κ1) is 14.8. The average Bonchev–Trinajstić information content (AvgIpc) is 2.43. The molecule has 7 nitrogen and oxygen atoms in total. The van der Waals surface area contributed by atoms with Crippen molar-refractivity contribution in [2.45, 2.75) is 19.4 Å². The molecule has 1 unspecified atom stereocenters. The van der Waals surface area contributed by atoms with E-state index in [4.69, 9.17) is 21.1 Å². The smallest absolute Gasteiger partial charge is 0.274 e. The lowest BCUT2D eigenvalue weighted by Crippen LogP contribution is -2.41. The van der Waals surface area contributed by atoms with Crippen LogP contribution in [0.5, 0.6) is 11.5 Å². The maximum Gasteiger partial charge on any atom is 0.274 e. The van der Waals surface area contributed by atoms with Crippen LogP contribution < -0.4 is 26.5 Å². The number of nitrogens with two attached hydrogens (primary N) is 2. The van der Waals surface area contributed by atoms with Crippen LogP contribution in [0.3, 0.4) is 0 Å². The summed E-state index contributed by atoms with van der Waals surface area (Å²) >= 11 is 0. The largest absolute Gasteiger partial charge is 0.497 e. The monoisotopic (exact) mass is 267 g/mol. The van der Waals surface area contributed by atoms with Crippen LogP contribution in [-0.4, -0.2) is 25.0 Å². The summed E-state index contributed by atoms with van der Waals surface area (Å²) in [5.74, 6) is 4.71. The summed E-state index contributed by atoms with van der Waals surface area (Å²) in [5, 5.41) is 0. The highest BCUT2D eigenvalue weighted by Crippen LogP contribution is 2.24. The zero-order valence-corrected chi connectivity index (χ0v) is 10.8. The number of carbonyl (C=O) groups is 2. The highest BCUT2D eigenvalue weighted by molar-refractivity contribution is 5.93. The highest BCUT2D eigenvalue weighted by Gasteiger charge is 2.18. The van der Waals surface area contributed by atoms with Crippen LogP contribution in [0.1, 0.15) is 23.7 Å². The van der Waals surface area contributed by atoms with Crippen LogP contribution in [-0.2, 0) is 4.79 Å². The molecule has 0 aromatic heterocycles. The van der Waals surface area contributed by atoms with Crippen molar-refractivity contribution in [3.8, 4) is 11.5 Å². The molecule has 0 aliphatic heterocycles. The average molecular weight is 267 g/mol. The van der Waals surface area contributed by atoms with Gasteiger partial charge in [0.1, 0.15) is 11.5 Å². The summed E-state index contributed by atoms with van der Waals surface area (Å²) in [5.41, 5.74) is 7.46. The van der Waals surface area contributed by atoms with E-state index in [1.807, 2.05) is 5.43 Å². The summed E-state index contributed by atoms with van der Waals surface area (Å²) in [4.78, 5) is 22.6. The predicted octanol–water partition coefficient (Wildman–Crippen LogP) is -0.0586. The molecule has 0 aliphatic rings. The Labute approximate surface area is 110 Å². The van der Waals surface area contributed by atoms with E-state index >= 15 is 0 Å². The number of nitrogens with one attached hydrogen (secondary N) is 1. The van der Waals surface area contributed by atoms with Crippen LogP contribution in [0.2, 0.25) is 0 Å². The van der Waals surface area contributed by atoms with Gasteiger partial charge >= 0.3 is 0 Å². The lowest BCUT2D eigenvalue weighted by Gasteiger charge is -2.16. The summed E-state index contributed by atoms with van der Waals surface area (Å²) in [6, 6.07) is 4.48. The molecule has 1 atom stereocenters. The van der Waals surface area contributed by atoms with Crippen LogP contribution >= 0.6 is 0 Å². The van der Waals surface area contributed by atoms with E-state index in [9.17, 15) is 9.59 Å². The van der Waals surface area contributed by atoms with Gasteiger partial charge in [-0.15, -0.1) is 0 Å². The lowest BCUT2D eigenvalue weighted by atomic mass is 10.2. The van der Waals surface area contributed by atoms with Crippen LogP contribution in [0.15, 0.2) is 18.2 Å². The number of amides is 2. The minimum atomic E-state index is -0.752. The Bertz CT molecular complexity index is 476. The van der Waals surface area contributed by atoms with Crippen molar-refractivity contribution < 1.29 is 19.1 Å². The first-order valence-electron chi connectivity index (χ1n) is 5.67. The second-order valence-electron chi connectivity index (χ2n) is 3.78. The van der Waals surface area contributed by atoms with Gasteiger partial charge in [0.2, 0.25) is 5.91 Å². The Morgan fingerprint density at radius 3 is 2.42 bits per heavy atom. The zero-order valence-electron chi connectivity index (χ0n) is 10.8. The van der Waals surface area contributed by atoms with Gasteiger partial charge in [0, 0.05) is 11.6 Å². The summed E-state index contributed by atoms with van der Waals surface area (Å²) in [6.45, 7) is 1.77. The van der Waals surface area contributed by atoms with E-state index in [1.54, 1.807) is 13.0 Å². The molecule has 0 saturated heterocycles. The molecule has 0 radical (unpaired) electrons. The maximum absolute atomic E-state index is 11.4. The van der Waals surface area contributed by atoms with Crippen molar-refractivity contribution >= 4 is 11.8 Å². The normalized spacial score (nSPS) is 11.5. The Balaban J connectivity index is 3.02. The molecule has 0 heterocycles. The third-order valence-corrected chi connectivity index (χ3v) is 2.48. The number of hydrogen-bond acceptors (Lipinski definition) is 5. The Hall–Kier alpha value is -2.28. The third kappa shape index (κ3) is 3.85. The number of hydrazine groups is 1. The Morgan fingerprint density at radius 2 is 1.95 bits per heavy atom. The van der Waals surface area contributed by atoms with Gasteiger partial charge in [0.05, 0.1) is 7.11 Å². The number of rotatable bonds is 6. The van der Waals surface area contributed by atoms with Crippen LogP contribution in [0.4, 0.5) is 0 Å². The Kier molecular flexibility index (Phi) is 5.13. The summed E-state index contributed by atoms with van der Waals surface area (Å²) < 4.78 is 10.5. The first-order valence-corrected chi connectivity index (χ1v) is 5.67. The number of ether oxygens (including phenoxy) is 2. The second-order valence-corrected chi connectivity index (χ2v) is 3.78.